The predicted octanol–water partition coefficient (Wildman–Crippen LogP) is 15.6. The van der Waals surface area contributed by atoms with E-state index in [0.717, 1.165) is 6.42 Å². The molecule has 0 amide bonds. The molecule has 0 spiro atoms. The summed E-state index contributed by atoms with van der Waals surface area (Å²) in [5.41, 5.74) is 18.6. The molecule has 0 radical (unpaired) electrons. The molecule has 1 aromatic heterocycles. The second-order valence-corrected chi connectivity index (χ2v) is 16.8. The molecule has 62 heavy (non-hydrogen) atoms. The van der Waals surface area contributed by atoms with Crippen molar-refractivity contribution in [1.29, 1.82) is 0 Å². The quantitative estimate of drug-likeness (QED) is 0.156. The maximum atomic E-state index is 2.56. The molecule has 12 rings (SSSR count). The third kappa shape index (κ3) is 6.26. The van der Waals surface area contributed by atoms with Gasteiger partial charge in [0.25, 0.3) is 0 Å². The molecular weight excluding hydrogens is 749 g/mol. The van der Waals surface area contributed by atoms with E-state index in [2.05, 4.69) is 246 Å². The fourth-order valence-corrected chi connectivity index (χ4v) is 10.2. The summed E-state index contributed by atoms with van der Waals surface area (Å²) >= 11 is 0. The first kappa shape index (κ1) is 36.2. The number of nitrogens with zero attached hydrogens (tertiary/aromatic N) is 2. The van der Waals surface area contributed by atoms with Crippen molar-refractivity contribution < 1.29 is 0 Å². The van der Waals surface area contributed by atoms with E-state index < -0.39 is 0 Å². The highest BCUT2D eigenvalue weighted by Gasteiger charge is 2.38. The van der Waals surface area contributed by atoms with E-state index in [0.29, 0.717) is 5.92 Å². The first-order valence-corrected chi connectivity index (χ1v) is 21.9. The maximum Gasteiger partial charge on any atom is 0.0630 e. The Kier molecular flexibility index (Phi) is 8.81. The molecule has 3 aliphatic rings. The molecule has 0 fully saturated rings. The third-order valence-corrected chi connectivity index (χ3v) is 13.2. The van der Waals surface area contributed by atoms with Gasteiger partial charge in [-0.15, -0.1) is 0 Å². The second kappa shape index (κ2) is 15.1. The van der Waals surface area contributed by atoms with Crippen molar-refractivity contribution in [3.05, 3.63) is 253 Å². The van der Waals surface area contributed by atoms with Gasteiger partial charge in [-0.05, 0) is 117 Å². The zero-order chi connectivity index (χ0) is 41.0. The highest BCUT2D eigenvalue weighted by molar-refractivity contribution is 6.10. The third-order valence-electron chi connectivity index (χ3n) is 13.2. The summed E-state index contributed by atoms with van der Waals surface area (Å²) < 4.78 is 2.44. The van der Waals surface area contributed by atoms with Gasteiger partial charge in [0, 0.05) is 39.7 Å². The van der Waals surface area contributed by atoms with Gasteiger partial charge >= 0.3 is 0 Å². The number of anilines is 2. The van der Waals surface area contributed by atoms with Crippen molar-refractivity contribution in [2.24, 2.45) is 0 Å². The van der Waals surface area contributed by atoms with E-state index in [1.165, 1.54) is 94.5 Å². The van der Waals surface area contributed by atoms with Crippen LogP contribution in [0.25, 0.3) is 66.4 Å². The van der Waals surface area contributed by atoms with Crippen LogP contribution < -0.4 is 4.90 Å². The fraction of sp³-hybridized carbons (Fsp3) is 0.0667. The van der Waals surface area contributed by atoms with E-state index in [4.69, 9.17) is 0 Å². The summed E-state index contributed by atoms with van der Waals surface area (Å²) in [7, 11) is 0. The molecule has 8 aromatic carbocycles. The molecule has 2 heteroatoms. The van der Waals surface area contributed by atoms with Crippen LogP contribution in [0.15, 0.2) is 237 Å². The number of benzene rings is 8. The molecule has 2 aliphatic carbocycles. The minimum absolute atomic E-state index is 0.154. The van der Waals surface area contributed by atoms with Crippen LogP contribution in [0.1, 0.15) is 34.9 Å². The molecule has 2 heterocycles. The van der Waals surface area contributed by atoms with Gasteiger partial charge in [-0.3, -0.25) is 0 Å². The largest absolute Gasteiger partial charge is 0.333 e. The van der Waals surface area contributed by atoms with Gasteiger partial charge in [0.05, 0.1) is 17.1 Å². The minimum atomic E-state index is 0.154. The van der Waals surface area contributed by atoms with E-state index in [1.54, 1.807) is 0 Å². The van der Waals surface area contributed by atoms with Crippen molar-refractivity contribution in [2.75, 3.05) is 4.90 Å². The Morgan fingerprint density at radius 3 is 1.87 bits per heavy atom. The number of hydrogen-bond donors (Lipinski definition) is 0. The Bertz CT molecular complexity index is 3210. The Morgan fingerprint density at radius 1 is 0.435 bits per heavy atom. The van der Waals surface area contributed by atoms with Crippen LogP contribution in [0.3, 0.4) is 0 Å². The molecule has 0 bridgehead atoms. The average Bonchev–Trinajstić information content (AvgIpc) is 3.87. The molecule has 0 N–H and O–H groups in total. The Morgan fingerprint density at radius 2 is 1.10 bits per heavy atom. The summed E-state index contributed by atoms with van der Waals surface area (Å²) in [6, 6.07) is 71.8. The predicted molar refractivity (Wildman–Crippen MR) is 261 cm³/mol. The molecule has 1 aliphatic heterocycles. The highest BCUT2D eigenvalue weighted by Crippen LogP contribution is 2.50. The molecule has 0 saturated carbocycles. The number of fused-ring (bicyclic) bond motifs is 6. The second-order valence-electron chi connectivity index (χ2n) is 16.8. The van der Waals surface area contributed by atoms with Gasteiger partial charge in [0.2, 0.25) is 0 Å². The smallest absolute Gasteiger partial charge is 0.0630 e. The van der Waals surface area contributed by atoms with Crippen molar-refractivity contribution >= 4 is 38.8 Å². The van der Waals surface area contributed by atoms with Crippen LogP contribution in [-0.2, 0) is 0 Å². The number of aromatic nitrogens is 1. The van der Waals surface area contributed by atoms with Crippen LogP contribution in [0.4, 0.5) is 11.4 Å². The van der Waals surface area contributed by atoms with Gasteiger partial charge < -0.3 is 9.47 Å². The Hall–Kier alpha value is -7.68. The summed E-state index contributed by atoms with van der Waals surface area (Å²) in [6.45, 7) is 0. The minimum Gasteiger partial charge on any atom is -0.333 e. The molecule has 2 nitrogen and oxygen atoms in total. The first-order chi connectivity index (χ1) is 30.7. The van der Waals surface area contributed by atoms with E-state index >= 15 is 0 Å². The van der Waals surface area contributed by atoms with Crippen LogP contribution in [0.2, 0.25) is 0 Å². The Labute approximate surface area is 363 Å². The van der Waals surface area contributed by atoms with Gasteiger partial charge in [-0.2, -0.15) is 0 Å². The summed E-state index contributed by atoms with van der Waals surface area (Å²) in [4.78, 5) is 2.56. The highest BCUT2D eigenvalue weighted by atomic mass is 15.2. The lowest BCUT2D eigenvalue weighted by Gasteiger charge is -2.30. The van der Waals surface area contributed by atoms with E-state index in [-0.39, 0.29) is 12.0 Å². The molecule has 3 unspecified atom stereocenters. The number of allylic oxidation sites excluding steroid dienone is 6. The lowest BCUT2D eigenvalue weighted by atomic mass is 9.86. The standard InChI is InChI=1S/C60H44N2/c1-4-15-41(16-5-1)44-27-29-45(30-28-44)46-21-14-22-51(36-46)61-57-25-12-10-23-53(57)55-39-47(31-33-59(55)61)48-32-34-60-56(40-48)54-24-11-13-26-58(54)62(60)52-37-49(42-17-6-2-7-18-42)35-50(38-52)43-19-8-3-9-20-43/h1-15,17-41,56,60H,16H2. The summed E-state index contributed by atoms with van der Waals surface area (Å²) in [5, 5.41) is 2.52. The van der Waals surface area contributed by atoms with E-state index in [9.17, 15) is 0 Å². The summed E-state index contributed by atoms with van der Waals surface area (Å²) in [5.74, 6) is 0.654. The van der Waals surface area contributed by atoms with Gasteiger partial charge in [0.15, 0.2) is 0 Å². The van der Waals surface area contributed by atoms with Crippen molar-refractivity contribution in [3.8, 4) is 39.1 Å². The zero-order valence-corrected chi connectivity index (χ0v) is 34.4. The molecule has 0 saturated heterocycles. The lowest BCUT2D eigenvalue weighted by Crippen LogP contribution is -2.29. The monoisotopic (exact) mass is 792 g/mol. The SMILES string of the molecule is C1=CCC(c2ccc(-c3cccc(-n4c5ccccc5c5cc(C6=CC7c8ccccc8N(c8cc(-c9ccccc9)cc(-c9ccccc9)c8)C7C=C6)ccc54)c3)cc2)C=C1. The molecule has 9 aromatic rings. The molecule has 294 valence electrons. The average molecular weight is 793 g/mol. The van der Waals surface area contributed by atoms with Crippen molar-refractivity contribution in [3.63, 3.8) is 0 Å². The first-order valence-electron chi connectivity index (χ1n) is 21.9. The normalized spacial score (nSPS) is 17.6. The lowest BCUT2D eigenvalue weighted by molar-refractivity contribution is 0.747. The maximum absolute atomic E-state index is 2.56. The topological polar surface area (TPSA) is 8.17 Å². The molecule has 3 atom stereocenters. The van der Waals surface area contributed by atoms with Gasteiger partial charge in [-0.1, -0.05) is 182 Å². The van der Waals surface area contributed by atoms with E-state index in [1.807, 2.05) is 0 Å². The van der Waals surface area contributed by atoms with Crippen LogP contribution in [0, 0.1) is 0 Å². The van der Waals surface area contributed by atoms with Crippen molar-refractivity contribution in [2.45, 2.75) is 24.3 Å². The number of hydrogen-bond acceptors (Lipinski definition) is 1. The molecular formula is C60H44N2. The zero-order valence-electron chi connectivity index (χ0n) is 34.4. The number of rotatable bonds is 7. The summed E-state index contributed by atoms with van der Waals surface area (Å²) in [6.07, 6.45) is 17.2. The number of para-hydroxylation sites is 2. The van der Waals surface area contributed by atoms with Gasteiger partial charge in [-0.25, -0.2) is 0 Å². The van der Waals surface area contributed by atoms with Crippen molar-refractivity contribution in [1.82, 2.24) is 4.57 Å². The van der Waals surface area contributed by atoms with Crippen LogP contribution in [-0.4, -0.2) is 10.6 Å². The fourth-order valence-electron chi connectivity index (χ4n) is 10.2. The Balaban J connectivity index is 0.909. The van der Waals surface area contributed by atoms with Crippen LogP contribution >= 0.6 is 0 Å². The van der Waals surface area contributed by atoms with Crippen LogP contribution in [0.5, 0.6) is 0 Å². The van der Waals surface area contributed by atoms with Gasteiger partial charge in [0.1, 0.15) is 0 Å².